The first-order chi connectivity index (χ1) is 8.91. The molecule has 19 heavy (non-hydrogen) atoms. The number of ether oxygens (including phenoxy) is 1. The van der Waals surface area contributed by atoms with Gasteiger partial charge in [-0.15, -0.1) is 0 Å². The molecule has 0 aliphatic rings. The molecular formula is C14H32N4O. The van der Waals surface area contributed by atoms with E-state index in [-0.39, 0.29) is 5.41 Å². The first-order valence-corrected chi connectivity index (χ1v) is 7.08. The summed E-state index contributed by atoms with van der Waals surface area (Å²) in [7, 11) is 6.00. The lowest BCUT2D eigenvalue weighted by Gasteiger charge is -2.29. The summed E-state index contributed by atoms with van der Waals surface area (Å²) in [6.45, 7) is 10.9. The molecular weight excluding hydrogens is 240 g/mol. The molecule has 0 unspecified atom stereocenters. The summed E-state index contributed by atoms with van der Waals surface area (Å²) in [6.07, 6.45) is 0.996. The fourth-order valence-electron chi connectivity index (χ4n) is 1.98. The van der Waals surface area contributed by atoms with Gasteiger partial charge in [-0.05, 0) is 32.9 Å². The van der Waals surface area contributed by atoms with Crippen molar-refractivity contribution in [3.8, 4) is 0 Å². The molecule has 0 aromatic heterocycles. The number of hydrogen-bond acceptors (Lipinski definition) is 3. The topological polar surface area (TPSA) is 48.9 Å². The van der Waals surface area contributed by atoms with Crippen molar-refractivity contribution in [3.63, 3.8) is 0 Å². The molecule has 114 valence electrons. The van der Waals surface area contributed by atoms with E-state index < -0.39 is 0 Å². The summed E-state index contributed by atoms with van der Waals surface area (Å²) in [5.74, 6) is 0.864. The molecule has 0 amide bonds. The van der Waals surface area contributed by atoms with Gasteiger partial charge in [-0.3, -0.25) is 4.99 Å². The Morgan fingerprint density at radius 1 is 1.26 bits per heavy atom. The number of nitrogens with zero attached hydrogens (tertiary/aromatic N) is 2. The molecule has 0 spiro atoms. The van der Waals surface area contributed by atoms with E-state index in [0.717, 1.165) is 45.2 Å². The van der Waals surface area contributed by atoms with Gasteiger partial charge in [0.05, 0.1) is 0 Å². The highest BCUT2D eigenvalue weighted by Crippen LogP contribution is 2.13. The Bertz CT molecular complexity index is 252. The molecule has 0 aliphatic heterocycles. The maximum atomic E-state index is 5.30. The molecule has 0 radical (unpaired) electrons. The molecule has 5 heteroatoms. The lowest BCUT2D eigenvalue weighted by molar-refractivity contribution is 0.145. The second-order valence-corrected chi connectivity index (χ2v) is 5.81. The van der Waals surface area contributed by atoms with E-state index in [9.17, 15) is 0 Å². The summed E-state index contributed by atoms with van der Waals surface area (Å²) in [6, 6.07) is 0. The van der Waals surface area contributed by atoms with Crippen LogP contribution in [0, 0.1) is 5.41 Å². The Morgan fingerprint density at radius 2 is 1.95 bits per heavy atom. The molecule has 0 aromatic carbocycles. The van der Waals surface area contributed by atoms with Gasteiger partial charge in [0.2, 0.25) is 0 Å². The molecule has 0 fully saturated rings. The number of hydrogen-bond donors (Lipinski definition) is 2. The van der Waals surface area contributed by atoms with Gasteiger partial charge < -0.3 is 20.3 Å². The van der Waals surface area contributed by atoms with Crippen LogP contribution in [-0.2, 0) is 4.74 Å². The molecule has 0 heterocycles. The van der Waals surface area contributed by atoms with Crippen LogP contribution in [-0.4, -0.2) is 64.9 Å². The van der Waals surface area contributed by atoms with Crippen LogP contribution in [0.15, 0.2) is 4.99 Å². The Balaban J connectivity index is 3.87. The van der Waals surface area contributed by atoms with Gasteiger partial charge in [0.15, 0.2) is 5.96 Å². The van der Waals surface area contributed by atoms with Crippen molar-refractivity contribution in [2.45, 2.75) is 27.2 Å². The number of nitrogens with one attached hydrogen (secondary N) is 2. The predicted molar refractivity (Wildman–Crippen MR) is 82.8 cm³/mol. The second-order valence-electron chi connectivity index (χ2n) is 5.81. The Hall–Kier alpha value is -0.810. The van der Waals surface area contributed by atoms with E-state index in [1.807, 2.05) is 6.92 Å². The van der Waals surface area contributed by atoms with E-state index in [0.29, 0.717) is 0 Å². The molecule has 5 nitrogen and oxygen atoms in total. The van der Waals surface area contributed by atoms with E-state index in [1.165, 1.54) is 0 Å². The number of aliphatic imine (C=N–C) groups is 1. The Labute approximate surface area is 118 Å². The molecule has 0 saturated heterocycles. The molecule has 0 saturated carbocycles. The van der Waals surface area contributed by atoms with Crippen molar-refractivity contribution in [2.75, 3.05) is 54.0 Å². The van der Waals surface area contributed by atoms with Gasteiger partial charge in [-0.2, -0.15) is 0 Å². The molecule has 0 bridgehead atoms. The minimum absolute atomic E-state index is 0.215. The van der Waals surface area contributed by atoms with Gasteiger partial charge in [-0.25, -0.2) is 0 Å². The average Bonchev–Trinajstić information content (AvgIpc) is 2.31. The zero-order chi connectivity index (χ0) is 14.7. The second kappa shape index (κ2) is 10.0. The summed E-state index contributed by atoms with van der Waals surface area (Å²) >= 11 is 0. The van der Waals surface area contributed by atoms with Gasteiger partial charge in [-0.1, -0.05) is 13.8 Å². The van der Waals surface area contributed by atoms with Crippen molar-refractivity contribution in [2.24, 2.45) is 10.4 Å². The summed E-state index contributed by atoms with van der Waals surface area (Å²) in [5.41, 5.74) is 0.215. The average molecular weight is 272 g/mol. The van der Waals surface area contributed by atoms with E-state index in [4.69, 9.17) is 4.74 Å². The molecule has 2 N–H and O–H groups in total. The van der Waals surface area contributed by atoms with E-state index >= 15 is 0 Å². The van der Waals surface area contributed by atoms with Crippen molar-refractivity contribution < 1.29 is 4.74 Å². The van der Waals surface area contributed by atoms with E-state index in [2.05, 4.69) is 48.5 Å². The predicted octanol–water partition coefficient (Wildman–Crippen LogP) is 1.17. The van der Waals surface area contributed by atoms with Crippen LogP contribution in [0.4, 0.5) is 0 Å². The maximum Gasteiger partial charge on any atom is 0.190 e. The van der Waals surface area contributed by atoms with Crippen LogP contribution < -0.4 is 10.6 Å². The highest BCUT2D eigenvalue weighted by Gasteiger charge is 2.18. The van der Waals surface area contributed by atoms with Crippen molar-refractivity contribution >= 4 is 5.96 Å². The van der Waals surface area contributed by atoms with Crippen LogP contribution in [0.3, 0.4) is 0 Å². The van der Waals surface area contributed by atoms with Crippen LogP contribution in [0.25, 0.3) is 0 Å². The summed E-state index contributed by atoms with van der Waals surface area (Å²) < 4.78 is 5.30. The minimum Gasteiger partial charge on any atom is -0.382 e. The van der Waals surface area contributed by atoms with Gasteiger partial charge >= 0.3 is 0 Å². The van der Waals surface area contributed by atoms with Crippen LogP contribution in [0.2, 0.25) is 0 Å². The van der Waals surface area contributed by atoms with Crippen molar-refractivity contribution in [1.29, 1.82) is 0 Å². The summed E-state index contributed by atoms with van der Waals surface area (Å²) in [5, 5.41) is 6.68. The van der Waals surface area contributed by atoms with Gasteiger partial charge in [0.25, 0.3) is 0 Å². The first kappa shape index (κ1) is 18.2. The minimum atomic E-state index is 0.215. The zero-order valence-corrected chi connectivity index (χ0v) is 13.5. The fraction of sp³-hybridized carbons (Fsp3) is 0.929. The largest absolute Gasteiger partial charge is 0.382 e. The molecule has 0 atom stereocenters. The van der Waals surface area contributed by atoms with Crippen LogP contribution >= 0.6 is 0 Å². The quantitative estimate of drug-likeness (QED) is 0.376. The fourth-order valence-corrected chi connectivity index (χ4v) is 1.98. The first-order valence-electron chi connectivity index (χ1n) is 7.08. The van der Waals surface area contributed by atoms with Crippen LogP contribution in [0.5, 0.6) is 0 Å². The SMILES string of the molecule is CCOCCCNC(=NC)NCC(C)(C)CN(C)C. The maximum absolute atomic E-state index is 5.30. The van der Waals surface area contributed by atoms with E-state index in [1.54, 1.807) is 7.05 Å². The monoisotopic (exact) mass is 272 g/mol. The Kier molecular flexibility index (Phi) is 9.61. The number of rotatable bonds is 9. The number of guanidine groups is 1. The molecule has 0 aliphatic carbocycles. The third-order valence-corrected chi connectivity index (χ3v) is 2.66. The lowest BCUT2D eigenvalue weighted by Crippen LogP contribution is -2.45. The highest BCUT2D eigenvalue weighted by molar-refractivity contribution is 5.79. The van der Waals surface area contributed by atoms with Gasteiger partial charge in [0, 0.05) is 39.9 Å². The smallest absolute Gasteiger partial charge is 0.190 e. The highest BCUT2D eigenvalue weighted by atomic mass is 16.5. The zero-order valence-electron chi connectivity index (χ0n) is 13.5. The standard InChI is InChI=1S/C14H32N4O/c1-7-19-10-8-9-16-13(15-4)17-11-14(2,3)12-18(5)6/h7-12H2,1-6H3,(H2,15,16,17). The normalized spacial score (nSPS) is 12.9. The Morgan fingerprint density at radius 3 is 2.47 bits per heavy atom. The third kappa shape index (κ3) is 10.8. The molecule has 0 aromatic rings. The lowest BCUT2D eigenvalue weighted by atomic mass is 9.93. The van der Waals surface area contributed by atoms with Gasteiger partial charge in [0.1, 0.15) is 0 Å². The molecule has 0 rings (SSSR count). The van der Waals surface area contributed by atoms with Crippen molar-refractivity contribution in [3.05, 3.63) is 0 Å². The third-order valence-electron chi connectivity index (χ3n) is 2.66. The van der Waals surface area contributed by atoms with Crippen molar-refractivity contribution in [1.82, 2.24) is 15.5 Å². The van der Waals surface area contributed by atoms with Crippen LogP contribution in [0.1, 0.15) is 27.2 Å². The summed E-state index contributed by atoms with van der Waals surface area (Å²) in [4.78, 5) is 6.44.